The van der Waals surface area contributed by atoms with Gasteiger partial charge in [-0.05, 0) is 40.9 Å². The van der Waals surface area contributed by atoms with Crippen molar-refractivity contribution in [3.05, 3.63) is 52.2 Å². The van der Waals surface area contributed by atoms with Crippen molar-refractivity contribution < 1.29 is 9.59 Å². The second-order valence-corrected chi connectivity index (χ2v) is 6.74. The molecule has 0 atom stereocenters. The van der Waals surface area contributed by atoms with Crippen molar-refractivity contribution in [1.82, 2.24) is 25.5 Å². The van der Waals surface area contributed by atoms with E-state index in [-0.39, 0.29) is 5.75 Å². The highest BCUT2D eigenvalue weighted by Gasteiger charge is 2.14. The van der Waals surface area contributed by atoms with E-state index in [4.69, 9.17) is 0 Å². The number of rotatable bonds is 5. The zero-order valence-electron chi connectivity index (χ0n) is 12.7. The zero-order chi connectivity index (χ0) is 16.9. The van der Waals surface area contributed by atoms with Crippen molar-refractivity contribution in [3.8, 4) is 5.69 Å². The third kappa shape index (κ3) is 3.87. The maximum atomic E-state index is 11.9. The summed E-state index contributed by atoms with van der Waals surface area (Å²) in [6, 6.07) is 11.1. The number of carbonyl (C=O) groups excluding carboxylic acids is 2. The molecule has 0 aliphatic rings. The molecule has 2 heterocycles. The highest BCUT2D eigenvalue weighted by Crippen LogP contribution is 2.18. The number of aryl methyl sites for hydroxylation is 1. The molecule has 2 aromatic heterocycles. The smallest absolute Gasteiger partial charge is 0.267 e. The molecule has 3 aromatic rings. The Morgan fingerprint density at radius 2 is 2.04 bits per heavy atom. The van der Waals surface area contributed by atoms with E-state index in [2.05, 4.69) is 20.8 Å². The molecule has 122 valence electrons. The first-order valence-corrected chi connectivity index (χ1v) is 8.86. The predicted octanol–water partition coefficient (Wildman–Crippen LogP) is 2.08. The van der Waals surface area contributed by atoms with E-state index in [1.165, 1.54) is 23.1 Å². The van der Waals surface area contributed by atoms with Crippen LogP contribution in [0.2, 0.25) is 0 Å². The van der Waals surface area contributed by atoms with E-state index in [0.29, 0.717) is 10.0 Å². The summed E-state index contributed by atoms with van der Waals surface area (Å²) in [6.45, 7) is 1.99. The standard InChI is InChI=1S/C15H13N5O2S2/c1-10-4-6-11(7-5-10)20-15(17-18-19-20)24-9-13(21)16-14(22)12-3-2-8-23-12/h2-8H,9H2,1H3,(H,16,21,22). The summed E-state index contributed by atoms with van der Waals surface area (Å²) in [4.78, 5) is 24.2. The summed E-state index contributed by atoms with van der Waals surface area (Å²) < 4.78 is 1.55. The van der Waals surface area contributed by atoms with E-state index in [9.17, 15) is 9.59 Å². The largest absolute Gasteiger partial charge is 0.291 e. The van der Waals surface area contributed by atoms with Crippen LogP contribution in [0.25, 0.3) is 5.69 Å². The van der Waals surface area contributed by atoms with Gasteiger partial charge in [0.1, 0.15) is 0 Å². The van der Waals surface area contributed by atoms with Gasteiger partial charge in [-0.3, -0.25) is 14.9 Å². The van der Waals surface area contributed by atoms with E-state index >= 15 is 0 Å². The monoisotopic (exact) mass is 359 g/mol. The number of hydrogen-bond donors (Lipinski definition) is 1. The van der Waals surface area contributed by atoms with Gasteiger partial charge in [-0.2, -0.15) is 4.68 Å². The van der Waals surface area contributed by atoms with Gasteiger partial charge in [-0.1, -0.05) is 35.5 Å². The first-order valence-electron chi connectivity index (χ1n) is 6.99. The lowest BCUT2D eigenvalue weighted by Gasteiger charge is -2.05. The lowest BCUT2D eigenvalue weighted by molar-refractivity contribution is -0.117. The number of thiophene rings is 1. The number of hydrogen-bond acceptors (Lipinski definition) is 7. The molecule has 2 amide bonds. The molecule has 1 aromatic carbocycles. The molecule has 3 rings (SSSR count). The third-order valence-electron chi connectivity index (χ3n) is 3.05. The number of aromatic nitrogens is 4. The second kappa shape index (κ2) is 7.37. The van der Waals surface area contributed by atoms with Crippen LogP contribution >= 0.6 is 23.1 Å². The number of carbonyl (C=O) groups is 2. The zero-order valence-corrected chi connectivity index (χ0v) is 14.3. The molecule has 0 aliphatic carbocycles. The van der Waals surface area contributed by atoms with Crippen molar-refractivity contribution >= 4 is 34.9 Å². The first-order chi connectivity index (χ1) is 11.6. The SMILES string of the molecule is Cc1ccc(-n2nnnc2SCC(=O)NC(=O)c2cccs2)cc1. The summed E-state index contributed by atoms with van der Waals surface area (Å²) in [5.41, 5.74) is 1.94. The molecule has 0 unspecified atom stereocenters. The number of nitrogens with zero attached hydrogens (tertiary/aromatic N) is 4. The lowest BCUT2D eigenvalue weighted by atomic mass is 10.2. The van der Waals surface area contributed by atoms with E-state index in [0.717, 1.165) is 11.3 Å². The molecule has 0 fully saturated rings. The number of amides is 2. The van der Waals surface area contributed by atoms with Crippen molar-refractivity contribution in [2.45, 2.75) is 12.1 Å². The van der Waals surface area contributed by atoms with Gasteiger partial charge in [-0.15, -0.1) is 16.4 Å². The van der Waals surface area contributed by atoms with Crippen LogP contribution in [0.4, 0.5) is 0 Å². The highest BCUT2D eigenvalue weighted by molar-refractivity contribution is 7.99. The molecule has 0 bridgehead atoms. The molecule has 1 N–H and O–H groups in total. The average Bonchev–Trinajstić information content (AvgIpc) is 3.25. The minimum absolute atomic E-state index is 0.0450. The molecular weight excluding hydrogens is 346 g/mol. The van der Waals surface area contributed by atoms with E-state index < -0.39 is 11.8 Å². The maximum Gasteiger partial charge on any atom is 0.267 e. The molecule has 24 heavy (non-hydrogen) atoms. The van der Waals surface area contributed by atoms with Crippen molar-refractivity contribution in [3.63, 3.8) is 0 Å². The third-order valence-corrected chi connectivity index (χ3v) is 4.84. The van der Waals surface area contributed by atoms with Crippen molar-refractivity contribution in [2.75, 3.05) is 5.75 Å². The summed E-state index contributed by atoms with van der Waals surface area (Å²) >= 11 is 2.45. The topological polar surface area (TPSA) is 89.8 Å². The molecular formula is C15H13N5O2S2. The van der Waals surface area contributed by atoms with E-state index in [1.54, 1.807) is 22.2 Å². The molecule has 0 aliphatic heterocycles. The Morgan fingerprint density at radius 1 is 1.25 bits per heavy atom. The van der Waals surface area contributed by atoms with Gasteiger partial charge in [0.25, 0.3) is 5.91 Å². The van der Waals surface area contributed by atoms with Gasteiger partial charge in [0.05, 0.1) is 16.3 Å². The van der Waals surface area contributed by atoms with Crippen LogP contribution in [0.3, 0.4) is 0 Å². The first kappa shape index (κ1) is 16.3. The van der Waals surface area contributed by atoms with Crippen LogP contribution in [0, 0.1) is 6.92 Å². The molecule has 7 nitrogen and oxygen atoms in total. The predicted molar refractivity (Wildman–Crippen MR) is 91.4 cm³/mol. The molecule has 0 saturated heterocycles. The Bertz CT molecular complexity index is 843. The highest BCUT2D eigenvalue weighted by atomic mass is 32.2. The fraction of sp³-hybridized carbons (Fsp3) is 0.133. The Morgan fingerprint density at radius 3 is 2.75 bits per heavy atom. The van der Waals surface area contributed by atoms with Gasteiger partial charge < -0.3 is 0 Å². The van der Waals surface area contributed by atoms with Gasteiger partial charge >= 0.3 is 0 Å². The lowest BCUT2D eigenvalue weighted by Crippen LogP contribution is -2.31. The Hall–Kier alpha value is -2.52. The van der Waals surface area contributed by atoms with Crippen LogP contribution < -0.4 is 5.32 Å². The average molecular weight is 359 g/mol. The van der Waals surface area contributed by atoms with Crippen LogP contribution in [0.5, 0.6) is 0 Å². The Balaban J connectivity index is 1.61. The Kier molecular flexibility index (Phi) is 5.02. The van der Waals surface area contributed by atoms with Gasteiger partial charge in [0.2, 0.25) is 11.1 Å². The number of tetrazole rings is 1. The van der Waals surface area contributed by atoms with Crippen LogP contribution in [-0.4, -0.2) is 37.8 Å². The summed E-state index contributed by atoms with van der Waals surface area (Å²) in [5, 5.41) is 16.1. The molecule has 0 saturated carbocycles. The van der Waals surface area contributed by atoms with Crippen LogP contribution in [0.15, 0.2) is 46.9 Å². The summed E-state index contributed by atoms with van der Waals surface area (Å²) in [6.07, 6.45) is 0. The molecule has 9 heteroatoms. The fourth-order valence-corrected chi connectivity index (χ4v) is 3.19. The number of imide groups is 1. The van der Waals surface area contributed by atoms with Gasteiger partial charge in [0, 0.05) is 0 Å². The van der Waals surface area contributed by atoms with Crippen LogP contribution in [-0.2, 0) is 4.79 Å². The second-order valence-electron chi connectivity index (χ2n) is 4.85. The molecule has 0 spiro atoms. The van der Waals surface area contributed by atoms with Gasteiger partial charge in [0.15, 0.2) is 0 Å². The summed E-state index contributed by atoms with van der Waals surface area (Å²) in [5.74, 6) is -0.742. The minimum Gasteiger partial charge on any atom is -0.291 e. The van der Waals surface area contributed by atoms with Crippen molar-refractivity contribution in [1.29, 1.82) is 0 Å². The van der Waals surface area contributed by atoms with Crippen LogP contribution in [0.1, 0.15) is 15.2 Å². The van der Waals surface area contributed by atoms with Gasteiger partial charge in [-0.25, -0.2) is 0 Å². The number of nitrogens with one attached hydrogen (secondary N) is 1. The quantitative estimate of drug-likeness (QED) is 0.702. The normalized spacial score (nSPS) is 10.5. The Labute approximate surface area is 146 Å². The fourth-order valence-electron chi connectivity index (χ4n) is 1.88. The number of thioether (sulfide) groups is 1. The number of benzene rings is 1. The molecule has 0 radical (unpaired) electrons. The summed E-state index contributed by atoms with van der Waals surface area (Å²) in [7, 11) is 0. The van der Waals surface area contributed by atoms with E-state index in [1.807, 2.05) is 31.2 Å². The maximum absolute atomic E-state index is 11.9. The minimum atomic E-state index is -0.395. The van der Waals surface area contributed by atoms with Crippen molar-refractivity contribution in [2.24, 2.45) is 0 Å².